The summed E-state index contributed by atoms with van der Waals surface area (Å²) in [5.41, 5.74) is 6.44. The van der Waals surface area contributed by atoms with Gasteiger partial charge in [0.25, 0.3) is 0 Å². The van der Waals surface area contributed by atoms with Crippen LogP contribution in [0.4, 0.5) is 0 Å². The van der Waals surface area contributed by atoms with Crippen LogP contribution in [-0.4, -0.2) is 58.8 Å². The molecule has 1 saturated heterocycles. The molecule has 0 bridgehead atoms. The van der Waals surface area contributed by atoms with E-state index in [4.69, 9.17) is 10.5 Å². The van der Waals surface area contributed by atoms with Gasteiger partial charge in [-0.25, -0.2) is 4.68 Å². The summed E-state index contributed by atoms with van der Waals surface area (Å²) in [5, 5.41) is 8.17. The van der Waals surface area contributed by atoms with Crippen molar-refractivity contribution >= 4 is 0 Å². The van der Waals surface area contributed by atoms with Gasteiger partial charge in [-0.3, -0.25) is 4.90 Å². The Hall–Kier alpha value is -0.980. The van der Waals surface area contributed by atoms with E-state index in [1.165, 1.54) is 0 Å². The van der Waals surface area contributed by atoms with E-state index >= 15 is 0 Å². The number of morpholine rings is 1. The second-order valence-electron chi connectivity index (χ2n) is 4.36. The summed E-state index contributed by atoms with van der Waals surface area (Å²) in [5.74, 6) is 0. The van der Waals surface area contributed by atoms with Gasteiger partial charge in [-0.05, 0) is 13.1 Å². The SMILES string of the molecule is CCN1CCOC(Cn2cc(CCN)nn2)C1. The van der Waals surface area contributed by atoms with Crippen LogP contribution in [0, 0.1) is 0 Å². The molecule has 6 heteroatoms. The molecule has 0 aliphatic carbocycles. The highest BCUT2D eigenvalue weighted by atomic mass is 16.5. The monoisotopic (exact) mass is 239 g/mol. The van der Waals surface area contributed by atoms with Crippen molar-refractivity contribution in [3.05, 3.63) is 11.9 Å². The minimum atomic E-state index is 0.219. The Morgan fingerprint density at radius 3 is 3.24 bits per heavy atom. The van der Waals surface area contributed by atoms with E-state index < -0.39 is 0 Å². The van der Waals surface area contributed by atoms with Crippen molar-refractivity contribution in [2.24, 2.45) is 5.73 Å². The van der Waals surface area contributed by atoms with Gasteiger partial charge >= 0.3 is 0 Å². The number of likely N-dealkylation sites (N-methyl/N-ethyl adjacent to an activating group) is 1. The van der Waals surface area contributed by atoms with Crippen molar-refractivity contribution in [2.75, 3.05) is 32.8 Å². The van der Waals surface area contributed by atoms with Gasteiger partial charge in [0.2, 0.25) is 0 Å². The molecule has 6 nitrogen and oxygen atoms in total. The summed E-state index contributed by atoms with van der Waals surface area (Å²) in [4.78, 5) is 2.39. The number of ether oxygens (including phenoxy) is 1. The van der Waals surface area contributed by atoms with E-state index in [1.54, 1.807) is 0 Å². The van der Waals surface area contributed by atoms with Crippen molar-refractivity contribution in [3.63, 3.8) is 0 Å². The molecule has 2 rings (SSSR count). The van der Waals surface area contributed by atoms with Crippen molar-refractivity contribution < 1.29 is 4.74 Å². The van der Waals surface area contributed by atoms with E-state index in [1.807, 2.05) is 10.9 Å². The Labute approximate surface area is 102 Å². The average molecular weight is 239 g/mol. The van der Waals surface area contributed by atoms with Gasteiger partial charge in [-0.15, -0.1) is 5.10 Å². The van der Waals surface area contributed by atoms with E-state index in [0.717, 1.165) is 44.9 Å². The molecule has 1 unspecified atom stereocenters. The lowest BCUT2D eigenvalue weighted by Gasteiger charge is -2.31. The third-order valence-corrected chi connectivity index (χ3v) is 3.05. The predicted molar refractivity (Wildman–Crippen MR) is 64.6 cm³/mol. The summed E-state index contributed by atoms with van der Waals surface area (Å²) >= 11 is 0. The predicted octanol–water partition coefficient (Wildman–Crippen LogP) is -0.500. The molecule has 1 aromatic heterocycles. The van der Waals surface area contributed by atoms with E-state index in [-0.39, 0.29) is 6.10 Å². The number of aromatic nitrogens is 3. The highest BCUT2D eigenvalue weighted by Crippen LogP contribution is 2.07. The molecule has 0 aromatic carbocycles. The zero-order valence-corrected chi connectivity index (χ0v) is 10.4. The van der Waals surface area contributed by atoms with Crippen molar-refractivity contribution in [1.29, 1.82) is 0 Å². The van der Waals surface area contributed by atoms with Crippen LogP contribution in [0.25, 0.3) is 0 Å². The molecule has 96 valence electrons. The van der Waals surface area contributed by atoms with Crippen LogP contribution >= 0.6 is 0 Å². The maximum absolute atomic E-state index is 5.73. The number of nitrogens with two attached hydrogens (primary N) is 1. The first-order valence-electron chi connectivity index (χ1n) is 6.25. The maximum atomic E-state index is 5.73. The van der Waals surface area contributed by atoms with Gasteiger partial charge in [-0.1, -0.05) is 12.1 Å². The van der Waals surface area contributed by atoms with Gasteiger partial charge in [0.1, 0.15) is 0 Å². The van der Waals surface area contributed by atoms with E-state index in [9.17, 15) is 0 Å². The first kappa shape index (κ1) is 12.5. The first-order chi connectivity index (χ1) is 8.31. The second-order valence-corrected chi connectivity index (χ2v) is 4.36. The lowest BCUT2D eigenvalue weighted by Crippen LogP contribution is -2.44. The number of rotatable bonds is 5. The smallest absolute Gasteiger partial charge is 0.0898 e. The second kappa shape index (κ2) is 6.09. The van der Waals surface area contributed by atoms with Gasteiger partial charge in [0, 0.05) is 25.7 Å². The fraction of sp³-hybridized carbons (Fsp3) is 0.818. The summed E-state index contributed by atoms with van der Waals surface area (Å²) in [6.07, 6.45) is 2.96. The van der Waals surface area contributed by atoms with Gasteiger partial charge in [-0.2, -0.15) is 0 Å². The Kier molecular flexibility index (Phi) is 4.47. The number of hydrogen-bond donors (Lipinski definition) is 1. The highest BCUT2D eigenvalue weighted by molar-refractivity contribution is 4.93. The molecule has 1 aliphatic heterocycles. The van der Waals surface area contributed by atoms with E-state index in [2.05, 4.69) is 22.1 Å². The van der Waals surface area contributed by atoms with Crippen LogP contribution in [0.15, 0.2) is 6.20 Å². The normalized spacial score (nSPS) is 21.9. The van der Waals surface area contributed by atoms with Crippen LogP contribution in [-0.2, 0) is 17.7 Å². The summed E-state index contributed by atoms with van der Waals surface area (Å²) in [7, 11) is 0. The Balaban J connectivity index is 1.86. The Morgan fingerprint density at radius 1 is 1.59 bits per heavy atom. The molecule has 17 heavy (non-hydrogen) atoms. The average Bonchev–Trinajstić information content (AvgIpc) is 2.77. The Morgan fingerprint density at radius 2 is 2.47 bits per heavy atom. The molecule has 0 spiro atoms. The lowest BCUT2D eigenvalue weighted by atomic mass is 10.2. The quantitative estimate of drug-likeness (QED) is 0.750. The third kappa shape index (κ3) is 3.49. The first-order valence-corrected chi connectivity index (χ1v) is 6.25. The largest absolute Gasteiger partial charge is 0.374 e. The lowest BCUT2D eigenvalue weighted by molar-refractivity contribution is -0.0360. The maximum Gasteiger partial charge on any atom is 0.0898 e. The fourth-order valence-electron chi connectivity index (χ4n) is 2.08. The molecule has 0 amide bonds. The van der Waals surface area contributed by atoms with Gasteiger partial charge in [0.05, 0.1) is 24.9 Å². The van der Waals surface area contributed by atoms with Crippen LogP contribution in [0.3, 0.4) is 0 Å². The minimum absolute atomic E-state index is 0.219. The molecular weight excluding hydrogens is 218 g/mol. The van der Waals surface area contributed by atoms with Gasteiger partial charge in [0.15, 0.2) is 0 Å². The molecule has 0 saturated carbocycles. The standard InChI is InChI=1S/C11H21N5O/c1-2-15-5-6-17-11(8-15)9-16-7-10(3-4-12)13-14-16/h7,11H,2-6,8-9,12H2,1H3. The van der Waals surface area contributed by atoms with Crippen LogP contribution in [0.1, 0.15) is 12.6 Å². The fourth-order valence-corrected chi connectivity index (χ4v) is 2.08. The number of hydrogen-bond acceptors (Lipinski definition) is 5. The van der Waals surface area contributed by atoms with Crippen LogP contribution in [0.5, 0.6) is 0 Å². The summed E-state index contributed by atoms with van der Waals surface area (Å²) in [6.45, 7) is 7.46. The summed E-state index contributed by atoms with van der Waals surface area (Å²) < 4.78 is 7.58. The Bertz CT molecular complexity index is 340. The molecular formula is C11H21N5O. The zero-order valence-electron chi connectivity index (χ0n) is 10.4. The van der Waals surface area contributed by atoms with Crippen molar-refractivity contribution in [1.82, 2.24) is 19.9 Å². The van der Waals surface area contributed by atoms with Gasteiger partial charge < -0.3 is 10.5 Å². The zero-order chi connectivity index (χ0) is 12.1. The van der Waals surface area contributed by atoms with Crippen molar-refractivity contribution in [2.45, 2.75) is 26.0 Å². The number of nitrogens with zero attached hydrogens (tertiary/aromatic N) is 4. The van der Waals surface area contributed by atoms with E-state index in [0.29, 0.717) is 6.54 Å². The molecule has 2 heterocycles. The molecule has 2 N–H and O–H groups in total. The van der Waals surface area contributed by atoms with Crippen LogP contribution in [0.2, 0.25) is 0 Å². The van der Waals surface area contributed by atoms with Crippen molar-refractivity contribution in [3.8, 4) is 0 Å². The molecule has 1 aromatic rings. The molecule has 1 aliphatic rings. The highest BCUT2D eigenvalue weighted by Gasteiger charge is 2.20. The third-order valence-electron chi connectivity index (χ3n) is 3.05. The molecule has 1 fully saturated rings. The topological polar surface area (TPSA) is 69.2 Å². The minimum Gasteiger partial charge on any atom is -0.374 e. The molecule has 0 radical (unpaired) electrons. The molecule has 1 atom stereocenters. The summed E-state index contributed by atoms with van der Waals surface area (Å²) in [6, 6.07) is 0. The van der Waals surface area contributed by atoms with Crippen LogP contribution < -0.4 is 5.73 Å².